The van der Waals surface area contributed by atoms with Crippen LogP contribution < -0.4 is 14.9 Å². The molecule has 7 nitrogen and oxygen atoms in total. The molecule has 0 aliphatic heterocycles. The van der Waals surface area contributed by atoms with Crippen LogP contribution in [0.2, 0.25) is 0 Å². The highest BCUT2D eigenvalue weighted by atomic mass is 79.9. The van der Waals surface area contributed by atoms with Crippen molar-refractivity contribution in [1.82, 2.24) is 5.43 Å². The molecule has 0 atom stereocenters. The molecule has 8 heteroatoms. The summed E-state index contributed by atoms with van der Waals surface area (Å²) in [6, 6.07) is 16.7. The minimum Gasteiger partial charge on any atom is -0.508 e. The van der Waals surface area contributed by atoms with Crippen LogP contribution in [0, 0.1) is 0 Å². The fraction of sp³-hybridized carbons (Fsp3) is 0.0909. The third-order valence-electron chi connectivity index (χ3n) is 4.10. The molecule has 30 heavy (non-hydrogen) atoms. The lowest BCUT2D eigenvalue weighted by atomic mass is 10.2. The molecule has 0 heterocycles. The first kappa shape index (κ1) is 21.2. The molecule has 0 aliphatic carbocycles. The number of nitrogens with zero attached hydrogens (tertiary/aromatic N) is 1. The van der Waals surface area contributed by atoms with E-state index in [-0.39, 0.29) is 17.1 Å². The number of benzene rings is 3. The first-order chi connectivity index (χ1) is 14.5. The Balaban J connectivity index is 1.68. The summed E-state index contributed by atoms with van der Waals surface area (Å²) in [5.41, 5.74) is 3.89. The maximum atomic E-state index is 12.1. The Hall–Kier alpha value is -3.52. The molecule has 0 saturated carbocycles. The predicted octanol–water partition coefficient (Wildman–Crippen LogP) is 4.21. The average Bonchev–Trinajstić information content (AvgIpc) is 2.75. The van der Waals surface area contributed by atoms with E-state index < -0.39 is 5.91 Å². The van der Waals surface area contributed by atoms with Gasteiger partial charge < -0.3 is 19.7 Å². The number of phenols is 2. The standard InChI is InChI=1S/C22H19BrN2O5/c1-29-20-9-4-15(10-21(20)30-13-14-2-5-16(23)6-3-14)12-24-25-22(28)18-11-17(26)7-8-19(18)27/h2-12,26-27H,13H2,1H3,(H,25,28). The molecule has 0 spiro atoms. The van der Waals surface area contributed by atoms with E-state index in [9.17, 15) is 15.0 Å². The zero-order valence-electron chi connectivity index (χ0n) is 16.0. The van der Waals surface area contributed by atoms with E-state index in [1.54, 1.807) is 25.3 Å². The Morgan fingerprint density at radius 1 is 1.07 bits per heavy atom. The van der Waals surface area contributed by atoms with Crippen LogP contribution in [-0.4, -0.2) is 29.4 Å². The van der Waals surface area contributed by atoms with Crippen molar-refractivity contribution in [3.05, 3.63) is 81.8 Å². The average molecular weight is 471 g/mol. The second-order valence-electron chi connectivity index (χ2n) is 6.23. The van der Waals surface area contributed by atoms with Crippen molar-refractivity contribution >= 4 is 28.1 Å². The van der Waals surface area contributed by atoms with Crippen molar-refractivity contribution in [3.8, 4) is 23.0 Å². The SMILES string of the molecule is COc1ccc(C=NNC(=O)c2cc(O)ccc2O)cc1OCc1ccc(Br)cc1. The van der Waals surface area contributed by atoms with E-state index >= 15 is 0 Å². The van der Waals surface area contributed by atoms with Crippen molar-refractivity contribution in [2.75, 3.05) is 7.11 Å². The number of carbonyl (C=O) groups is 1. The Morgan fingerprint density at radius 3 is 2.57 bits per heavy atom. The molecule has 0 radical (unpaired) electrons. The molecule has 3 rings (SSSR count). The smallest absolute Gasteiger partial charge is 0.275 e. The minimum atomic E-state index is -0.653. The molecule has 0 saturated heterocycles. The quantitative estimate of drug-likeness (QED) is 0.272. The molecule has 0 aliphatic rings. The summed E-state index contributed by atoms with van der Waals surface area (Å²) >= 11 is 3.40. The normalized spacial score (nSPS) is 10.7. The molecule has 0 unspecified atom stereocenters. The molecule has 3 N–H and O–H groups in total. The number of nitrogens with one attached hydrogen (secondary N) is 1. The number of hydrogen-bond acceptors (Lipinski definition) is 6. The molecule has 0 fully saturated rings. The topological polar surface area (TPSA) is 100 Å². The van der Waals surface area contributed by atoms with Crippen LogP contribution in [0.15, 0.2) is 70.2 Å². The number of hydrogen-bond donors (Lipinski definition) is 3. The van der Waals surface area contributed by atoms with Gasteiger partial charge >= 0.3 is 0 Å². The van der Waals surface area contributed by atoms with Gasteiger partial charge in [0, 0.05) is 4.47 Å². The van der Waals surface area contributed by atoms with Gasteiger partial charge in [0.1, 0.15) is 18.1 Å². The second kappa shape index (κ2) is 9.80. The number of ether oxygens (including phenoxy) is 2. The molecule has 0 aromatic heterocycles. The highest BCUT2D eigenvalue weighted by Crippen LogP contribution is 2.28. The predicted molar refractivity (Wildman–Crippen MR) is 116 cm³/mol. The number of halogens is 1. The number of methoxy groups -OCH3 is 1. The molecule has 1 amide bonds. The van der Waals surface area contributed by atoms with Gasteiger partial charge in [-0.25, -0.2) is 5.43 Å². The van der Waals surface area contributed by atoms with Crippen molar-refractivity contribution in [2.24, 2.45) is 5.10 Å². The van der Waals surface area contributed by atoms with E-state index in [0.717, 1.165) is 16.1 Å². The number of amides is 1. The fourth-order valence-electron chi connectivity index (χ4n) is 2.56. The Kier molecular flexibility index (Phi) is 6.92. The van der Waals surface area contributed by atoms with Gasteiger partial charge in [-0.2, -0.15) is 5.10 Å². The zero-order chi connectivity index (χ0) is 21.5. The van der Waals surface area contributed by atoms with Crippen LogP contribution in [0.3, 0.4) is 0 Å². The van der Waals surface area contributed by atoms with E-state index in [4.69, 9.17) is 9.47 Å². The highest BCUT2D eigenvalue weighted by molar-refractivity contribution is 9.10. The van der Waals surface area contributed by atoms with E-state index in [1.807, 2.05) is 24.3 Å². The number of phenolic OH excluding ortho intramolecular Hbond substituents is 2. The van der Waals surface area contributed by atoms with E-state index in [1.165, 1.54) is 18.3 Å². The van der Waals surface area contributed by atoms with Crippen molar-refractivity contribution in [2.45, 2.75) is 6.61 Å². The Morgan fingerprint density at radius 2 is 1.83 bits per heavy atom. The number of aromatic hydroxyl groups is 2. The lowest BCUT2D eigenvalue weighted by Crippen LogP contribution is -2.17. The second-order valence-corrected chi connectivity index (χ2v) is 7.14. The van der Waals surface area contributed by atoms with Gasteiger partial charge in [0.25, 0.3) is 5.91 Å². The summed E-state index contributed by atoms with van der Waals surface area (Å²) < 4.78 is 12.2. The third-order valence-corrected chi connectivity index (χ3v) is 4.63. The summed E-state index contributed by atoms with van der Waals surface area (Å²) in [5.74, 6) is 0.0531. The van der Waals surface area contributed by atoms with Crippen molar-refractivity contribution in [1.29, 1.82) is 0 Å². The van der Waals surface area contributed by atoms with Gasteiger partial charge in [-0.05, 0) is 59.7 Å². The summed E-state index contributed by atoms with van der Waals surface area (Å²) in [7, 11) is 1.55. The van der Waals surface area contributed by atoms with Crippen LogP contribution in [0.5, 0.6) is 23.0 Å². The maximum Gasteiger partial charge on any atom is 0.275 e. The first-order valence-corrected chi connectivity index (χ1v) is 9.66. The van der Waals surface area contributed by atoms with Crippen molar-refractivity contribution in [3.63, 3.8) is 0 Å². The van der Waals surface area contributed by atoms with Crippen LogP contribution in [-0.2, 0) is 6.61 Å². The lowest BCUT2D eigenvalue weighted by molar-refractivity contribution is 0.0952. The molecular formula is C22H19BrN2O5. The van der Waals surface area contributed by atoms with Gasteiger partial charge in [-0.3, -0.25) is 4.79 Å². The first-order valence-electron chi connectivity index (χ1n) is 8.87. The maximum absolute atomic E-state index is 12.1. The number of carbonyl (C=O) groups excluding carboxylic acids is 1. The summed E-state index contributed by atoms with van der Waals surface area (Å²) in [5, 5.41) is 23.1. The number of hydrazone groups is 1. The van der Waals surface area contributed by atoms with Gasteiger partial charge in [0.2, 0.25) is 0 Å². The zero-order valence-corrected chi connectivity index (χ0v) is 17.6. The highest BCUT2D eigenvalue weighted by Gasteiger charge is 2.11. The van der Waals surface area contributed by atoms with E-state index in [0.29, 0.717) is 23.7 Å². The van der Waals surface area contributed by atoms with Crippen LogP contribution >= 0.6 is 15.9 Å². The minimum absolute atomic E-state index is 0.0830. The van der Waals surface area contributed by atoms with Crippen LogP contribution in [0.1, 0.15) is 21.5 Å². The molecular weight excluding hydrogens is 452 g/mol. The Bertz CT molecular complexity index is 1070. The largest absolute Gasteiger partial charge is 0.508 e. The third kappa shape index (κ3) is 5.51. The van der Waals surface area contributed by atoms with Gasteiger partial charge in [0.15, 0.2) is 11.5 Å². The molecule has 3 aromatic rings. The van der Waals surface area contributed by atoms with Gasteiger partial charge in [-0.15, -0.1) is 0 Å². The summed E-state index contributed by atoms with van der Waals surface area (Å²) in [6.07, 6.45) is 1.43. The van der Waals surface area contributed by atoms with Crippen LogP contribution in [0.4, 0.5) is 0 Å². The molecule has 154 valence electrons. The van der Waals surface area contributed by atoms with E-state index in [2.05, 4.69) is 26.5 Å². The van der Waals surface area contributed by atoms with Crippen molar-refractivity contribution < 1.29 is 24.5 Å². The monoisotopic (exact) mass is 470 g/mol. The van der Waals surface area contributed by atoms with Gasteiger partial charge in [-0.1, -0.05) is 28.1 Å². The summed E-state index contributed by atoms with van der Waals surface area (Å²) in [6.45, 7) is 0.359. The number of rotatable bonds is 7. The molecule has 0 bridgehead atoms. The Labute approximate surface area is 181 Å². The lowest BCUT2D eigenvalue weighted by Gasteiger charge is -2.11. The summed E-state index contributed by atoms with van der Waals surface area (Å²) in [4.78, 5) is 12.1. The van der Waals surface area contributed by atoms with Gasteiger partial charge in [0.05, 0.1) is 18.9 Å². The van der Waals surface area contributed by atoms with Crippen LogP contribution in [0.25, 0.3) is 0 Å². The molecule has 3 aromatic carbocycles. The fourth-order valence-corrected chi connectivity index (χ4v) is 2.82.